The molecule has 6 nitrogen and oxygen atoms in total. The van der Waals surface area contributed by atoms with Gasteiger partial charge in [0, 0.05) is 33.2 Å². The summed E-state index contributed by atoms with van der Waals surface area (Å²) in [5, 5.41) is 7.05. The highest BCUT2D eigenvalue weighted by Crippen LogP contribution is 2.18. The van der Waals surface area contributed by atoms with Crippen LogP contribution in [0.4, 0.5) is 0 Å². The van der Waals surface area contributed by atoms with E-state index in [1.807, 2.05) is 7.05 Å². The van der Waals surface area contributed by atoms with Crippen LogP contribution in [0.1, 0.15) is 233 Å². The third-order valence-electron chi connectivity index (χ3n) is 10.7. The Hall–Kier alpha value is -0.920. The number of thiocarbonyl (C=S) groups is 1. The molecule has 0 fully saturated rings. The quantitative estimate of drug-likeness (QED) is 0.0364. The standard InChI is InChI=1S/C46H93N3O3S/c1-5-8-11-14-20-27-35-44(36-28-21-15-12-9-6-2)52-45(50)37-29-22-19-24-31-40-49(41-34-38-48-46(53)47-4)39-30-23-17-18-26-33-43-51-42-32-25-16-13-10-7-3/h44H,5-43H2,1-4H3,(H2,47,48,53). The summed E-state index contributed by atoms with van der Waals surface area (Å²) in [6.45, 7) is 13.1. The van der Waals surface area contributed by atoms with Gasteiger partial charge < -0.3 is 25.0 Å². The Labute approximate surface area is 337 Å². The van der Waals surface area contributed by atoms with Crippen LogP contribution in [-0.4, -0.2) is 68.5 Å². The van der Waals surface area contributed by atoms with Gasteiger partial charge in [-0.25, -0.2) is 0 Å². The molecule has 0 atom stereocenters. The number of hydrogen-bond donors (Lipinski definition) is 2. The molecule has 0 rings (SSSR count). The van der Waals surface area contributed by atoms with Crippen LogP contribution in [0.2, 0.25) is 0 Å². The molecule has 0 aliphatic rings. The number of hydrogen-bond acceptors (Lipinski definition) is 5. The van der Waals surface area contributed by atoms with Crippen molar-refractivity contribution >= 4 is 23.3 Å². The SMILES string of the molecule is CCCCCCCCOCCCCCCCCN(CCCCCCCC(=O)OC(CCCCCCCC)CCCCCCCC)CCCNC(=S)NC. The van der Waals surface area contributed by atoms with Gasteiger partial charge in [0.1, 0.15) is 6.10 Å². The summed E-state index contributed by atoms with van der Waals surface area (Å²) in [5.74, 6) is 0.0429. The van der Waals surface area contributed by atoms with Crippen LogP contribution in [0.3, 0.4) is 0 Å². The van der Waals surface area contributed by atoms with Gasteiger partial charge in [-0.15, -0.1) is 0 Å². The van der Waals surface area contributed by atoms with E-state index in [9.17, 15) is 4.79 Å². The lowest BCUT2D eigenvalue weighted by Gasteiger charge is -2.22. The van der Waals surface area contributed by atoms with Gasteiger partial charge >= 0.3 is 5.97 Å². The Morgan fingerprint density at radius 1 is 0.528 bits per heavy atom. The molecule has 53 heavy (non-hydrogen) atoms. The molecule has 7 heteroatoms. The Balaban J connectivity index is 4.23. The second kappa shape index (κ2) is 43.8. The number of nitrogens with zero attached hydrogens (tertiary/aromatic N) is 1. The molecule has 0 aromatic rings. The number of nitrogens with one attached hydrogen (secondary N) is 2. The average molecular weight is 768 g/mol. The molecule has 0 unspecified atom stereocenters. The van der Waals surface area contributed by atoms with Crippen LogP contribution in [0.5, 0.6) is 0 Å². The first-order chi connectivity index (χ1) is 26.1. The van der Waals surface area contributed by atoms with Gasteiger partial charge in [0.2, 0.25) is 0 Å². The van der Waals surface area contributed by atoms with Gasteiger partial charge in [0.05, 0.1) is 0 Å². The van der Waals surface area contributed by atoms with Crippen LogP contribution in [0.25, 0.3) is 0 Å². The first kappa shape index (κ1) is 52.1. The van der Waals surface area contributed by atoms with Crippen molar-refractivity contribution in [1.29, 1.82) is 0 Å². The molecule has 0 aromatic carbocycles. The van der Waals surface area contributed by atoms with E-state index in [2.05, 4.69) is 36.3 Å². The number of esters is 1. The van der Waals surface area contributed by atoms with Crippen LogP contribution in [0, 0.1) is 0 Å². The van der Waals surface area contributed by atoms with Gasteiger partial charge in [0.25, 0.3) is 0 Å². The van der Waals surface area contributed by atoms with Crippen LogP contribution in [0.15, 0.2) is 0 Å². The van der Waals surface area contributed by atoms with Crippen molar-refractivity contribution in [3.63, 3.8) is 0 Å². The third-order valence-corrected chi connectivity index (χ3v) is 11.1. The maximum atomic E-state index is 12.8. The Bertz CT molecular complexity index is 740. The zero-order valence-electron chi connectivity index (χ0n) is 36.2. The molecule has 0 heterocycles. The average Bonchev–Trinajstić information content (AvgIpc) is 3.16. The minimum atomic E-state index is 0.0429. The highest BCUT2D eigenvalue weighted by atomic mass is 32.1. The molecule has 0 radical (unpaired) electrons. The number of carbonyl (C=O) groups is 1. The van der Waals surface area contributed by atoms with Gasteiger partial charge in [-0.05, 0) is 96.1 Å². The molecule has 0 saturated carbocycles. The maximum absolute atomic E-state index is 12.8. The predicted molar refractivity (Wildman–Crippen MR) is 236 cm³/mol. The molecule has 0 aliphatic heterocycles. The summed E-state index contributed by atoms with van der Waals surface area (Å²) in [5.41, 5.74) is 0. The summed E-state index contributed by atoms with van der Waals surface area (Å²) < 4.78 is 11.9. The normalized spacial score (nSPS) is 11.5. The van der Waals surface area contributed by atoms with Crippen LogP contribution < -0.4 is 10.6 Å². The minimum absolute atomic E-state index is 0.0429. The van der Waals surface area contributed by atoms with E-state index in [1.54, 1.807) is 0 Å². The summed E-state index contributed by atoms with van der Waals surface area (Å²) in [4.78, 5) is 15.5. The minimum Gasteiger partial charge on any atom is -0.462 e. The fraction of sp³-hybridized carbons (Fsp3) is 0.957. The molecule has 316 valence electrons. The van der Waals surface area contributed by atoms with E-state index in [0.717, 1.165) is 63.5 Å². The lowest BCUT2D eigenvalue weighted by atomic mass is 10.0. The molecule has 0 aliphatic carbocycles. The molecule has 0 bridgehead atoms. The van der Waals surface area contributed by atoms with Crippen molar-refractivity contribution < 1.29 is 14.3 Å². The van der Waals surface area contributed by atoms with Crippen molar-refractivity contribution in [3.05, 3.63) is 0 Å². The predicted octanol–water partition coefficient (Wildman–Crippen LogP) is 13.2. The lowest BCUT2D eigenvalue weighted by molar-refractivity contribution is -0.150. The summed E-state index contributed by atoms with van der Waals surface area (Å²) >= 11 is 5.26. The first-order valence-electron chi connectivity index (χ1n) is 23.5. The topological polar surface area (TPSA) is 62.8 Å². The van der Waals surface area contributed by atoms with E-state index in [1.165, 1.54) is 186 Å². The molecule has 0 saturated heterocycles. The van der Waals surface area contributed by atoms with Crippen molar-refractivity contribution in [1.82, 2.24) is 15.5 Å². The smallest absolute Gasteiger partial charge is 0.306 e. The largest absolute Gasteiger partial charge is 0.462 e. The van der Waals surface area contributed by atoms with E-state index >= 15 is 0 Å². The Kier molecular flexibility index (Phi) is 43.0. The zero-order chi connectivity index (χ0) is 38.7. The second-order valence-electron chi connectivity index (χ2n) is 15.9. The van der Waals surface area contributed by atoms with Gasteiger partial charge in [0.15, 0.2) is 5.11 Å². The Morgan fingerprint density at radius 2 is 0.925 bits per heavy atom. The maximum Gasteiger partial charge on any atom is 0.306 e. The molecular weight excluding hydrogens is 675 g/mol. The second-order valence-corrected chi connectivity index (χ2v) is 16.4. The van der Waals surface area contributed by atoms with E-state index in [0.29, 0.717) is 6.42 Å². The van der Waals surface area contributed by atoms with Gasteiger partial charge in [-0.3, -0.25) is 4.79 Å². The molecular formula is C46H93N3O3S. The zero-order valence-corrected chi connectivity index (χ0v) is 37.1. The van der Waals surface area contributed by atoms with Crippen molar-refractivity contribution in [2.24, 2.45) is 0 Å². The summed E-state index contributed by atoms with van der Waals surface area (Å²) in [6, 6.07) is 0. The number of rotatable bonds is 43. The highest BCUT2D eigenvalue weighted by molar-refractivity contribution is 7.80. The van der Waals surface area contributed by atoms with E-state index < -0.39 is 0 Å². The highest BCUT2D eigenvalue weighted by Gasteiger charge is 2.14. The molecule has 0 aromatic heterocycles. The molecule has 0 amide bonds. The van der Waals surface area contributed by atoms with Crippen molar-refractivity contribution in [2.75, 3.05) is 46.4 Å². The van der Waals surface area contributed by atoms with E-state index in [-0.39, 0.29) is 12.1 Å². The molecule has 0 spiro atoms. The van der Waals surface area contributed by atoms with E-state index in [4.69, 9.17) is 21.7 Å². The fourth-order valence-corrected chi connectivity index (χ4v) is 7.31. The summed E-state index contributed by atoms with van der Waals surface area (Å²) in [6.07, 6.45) is 41.1. The lowest BCUT2D eigenvalue weighted by Crippen LogP contribution is -2.35. The van der Waals surface area contributed by atoms with Gasteiger partial charge in [-0.1, -0.05) is 162 Å². The van der Waals surface area contributed by atoms with Crippen molar-refractivity contribution in [2.45, 2.75) is 239 Å². The first-order valence-corrected chi connectivity index (χ1v) is 23.9. The Morgan fingerprint density at radius 3 is 1.40 bits per heavy atom. The number of ether oxygens (including phenoxy) is 2. The third kappa shape index (κ3) is 40.6. The molecule has 2 N–H and O–H groups in total. The van der Waals surface area contributed by atoms with Crippen LogP contribution >= 0.6 is 12.2 Å². The number of carbonyl (C=O) groups excluding carboxylic acids is 1. The monoisotopic (exact) mass is 768 g/mol. The van der Waals surface area contributed by atoms with Gasteiger partial charge in [-0.2, -0.15) is 0 Å². The summed E-state index contributed by atoms with van der Waals surface area (Å²) in [7, 11) is 1.87. The van der Waals surface area contributed by atoms with Crippen molar-refractivity contribution in [3.8, 4) is 0 Å². The van der Waals surface area contributed by atoms with Crippen LogP contribution in [-0.2, 0) is 14.3 Å². The number of unbranched alkanes of at least 4 members (excludes halogenated alkanes) is 24. The fourth-order valence-electron chi connectivity index (χ4n) is 7.21.